The Labute approximate surface area is 136 Å². The monoisotopic (exact) mass is 309 g/mol. The molecule has 0 unspecified atom stereocenters. The van der Waals surface area contributed by atoms with E-state index in [1.807, 2.05) is 24.3 Å². The van der Waals surface area contributed by atoms with Gasteiger partial charge in [0.25, 0.3) is 0 Å². The SMILES string of the molecule is O=C(ON=C1CC[NH+](Cc2ccccc2)CC1)c1ccccc1. The van der Waals surface area contributed by atoms with Crippen LogP contribution >= 0.6 is 0 Å². The summed E-state index contributed by atoms with van der Waals surface area (Å²) in [5, 5.41) is 4.05. The Balaban J connectivity index is 1.48. The van der Waals surface area contributed by atoms with E-state index in [9.17, 15) is 4.79 Å². The van der Waals surface area contributed by atoms with Gasteiger partial charge in [0.1, 0.15) is 6.54 Å². The zero-order chi connectivity index (χ0) is 15.9. The lowest BCUT2D eigenvalue weighted by molar-refractivity contribution is -0.914. The van der Waals surface area contributed by atoms with E-state index in [0.717, 1.165) is 38.2 Å². The molecule has 1 heterocycles. The van der Waals surface area contributed by atoms with Gasteiger partial charge in [-0.15, -0.1) is 0 Å². The first-order valence-corrected chi connectivity index (χ1v) is 8.01. The van der Waals surface area contributed by atoms with E-state index < -0.39 is 5.97 Å². The average Bonchev–Trinajstić information content (AvgIpc) is 2.62. The van der Waals surface area contributed by atoms with Crippen LogP contribution in [0.5, 0.6) is 0 Å². The third-order valence-corrected chi connectivity index (χ3v) is 4.10. The lowest BCUT2D eigenvalue weighted by Crippen LogP contribution is -3.11. The van der Waals surface area contributed by atoms with Gasteiger partial charge in [-0.2, -0.15) is 0 Å². The van der Waals surface area contributed by atoms with Gasteiger partial charge in [0, 0.05) is 18.4 Å². The first-order chi connectivity index (χ1) is 11.3. The second-order valence-corrected chi connectivity index (χ2v) is 5.81. The first-order valence-electron chi connectivity index (χ1n) is 8.01. The van der Waals surface area contributed by atoms with Gasteiger partial charge in [-0.25, -0.2) is 4.79 Å². The maximum absolute atomic E-state index is 11.9. The van der Waals surface area contributed by atoms with Gasteiger partial charge in [-0.1, -0.05) is 53.7 Å². The molecule has 1 N–H and O–H groups in total. The normalized spacial score (nSPS) is 17.6. The largest absolute Gasteiger partial charge is 0.365 e. The molecule has 0 aliphatic carbocycles. The molecular formula is C19H21N2O2+. The van der Waals surface area contributed by atoms with Gasteiger partial charge in [-0.3, -0.25) is 0 Å². The maximum Gasteiger partial charge on any atom is 0.365 e. The third kappa shape index (κ3) is 4.50. The fourth-order valence-corrected chi connectivity index (χ4v) is 2.78. The van der Waals surface area contributed by atoms with Crippen molar-refractivity contribution in [1.82, 2.24) is 0 Å². The Morgan fingerprint density at radius 2 is 1.57 bits per heavy atom. The summed E-state index contributed by atoms with van der Waals surface area (Å²) in [6.07, 6.45) is 1.76. The molecule has 4 heteroatoms. The first kappa shape index (κ1) is 15.4. The molecule has 1 saturated heterocycles. The minimum Gasteiger partial charge on any atom is -0.331 e. The number of carbonyl (C=O) groups is 1. The smallest absolute Gasteiger partial charge is 0.331 e. The molecule has 1 aliphatic rings. The highest BCUT2D eigenvalue weighted by Gasteiger charge is 2.19. The second kappa shape index (κ2) is 7.70. The van der Waals surface area contributed by atoms with Crippen LogP contribution in [0.15, 0.2) is 65.8 Å². The lowest BCUT2D eigenvalue weighted by Gasteiger charge is -2.24. The van der Waals surface area contributed by atoms with Crippen LogP contribution < -0.4 is 4.90 Å². The summed E-state index contributed by atoms with van der Waals surface area (Å²) < 4.78 is 0. The summed E-state index contributed by atoms with van der Waals surface area (Å²) in [7, 11) is 0. The number of nitrogens with zero attached hydrogens (tertiary/aromatic N) is 1. The Kier molecular flexibility index (Phi) is 5.17. The zero-order valence-corrected chi connectivity index (χ0v) is 13.1. The molecule has 2 aromatic rings. The number of rotatable bonds is 4. The van der Waals surface area contributed by atoms with Crippen LogP contribution in [0.25, 0.3) is 0 Å². The number of quaternary nitrogens is 1. The van der Waals surface area contributed by atoms with Gasteiger partial charge in [0.15, 0.2) is 0 Å². The van der Waals surface area contributed by atoms with E-state index in [-0.39, 0.29) is 0 Å². The molecule has 0 bridgehead atoms. The summed E-state index contributed by atoms with van der Waals surface area (Å²) >= 11 is 0. The number of oxime groups is 1. The van der Waals surface area contributed by atoms with Crippen LogP contribution in [0.3, 0.4) is 0 Å². The molecule has 3 rings (SSSR count). The van der Waals surface area contributed by atoms with Crippen molar-refractivity contribution < 1.29 is 14.5 Å². The topological polar surface area (TPSA) is 43.1 Å². The van der Waals surface area contributed by atoms with E-state index in [4.69, 9.17) is 4.84 Å². The van der Waals surface area contributed by atoms with Crippen molar-refractivity contribution in [3.05, 3.63) is 71.8 Å². The Hall–Kier alpha value is -2.46. The number of hydrogen-bond acceptors (Lipinski definition) is 3. The van der Waals surface area contributed by atoms with Crippen molar-refractivity contribution >= 4 is 11.7 Å². The van der Waals surface area contributed by atoms with Crippen molar-refractivity contribution in [1.29, 1.82) is 0 Å². The molecule has 0 spiro atoms. The number of nitrogens with one attached hydrogen (secondary N) is 1. The lowest BCUT2D eigenvalue weighted by atomic mass is 10.1. The molecule has 0 amide bonds. The highest BCUT2D eigenvalue weighted by Crippen LogP contribution is 2.04. The summed E-state index contributed by atoms with van der Waals surface area (Å²) in [6, 6.07) is 19.5. The van der Waals surface area contributed by atoms with E-state index >= 15 is 0 Å². The highest BCUT2D eigenvalue weighted by molar-refractivity contribution is 5.90. The minimum atomic E-state index is -0.392. The van der Waals surface area contributed by atoms with Gasteiger partial charge >= 0.3 is 5.97 Å². The number of hydrogen-bond donors (Lipinski definition) is 1. The van der Waals surface area contributed by atoms with E-state index in [1.165, 1.54) is 5.56 Å². The summed E-state index contributed by atoms with van der Waals surface area (Å²) in [6.45, 7) is 3.09. The van der Waals surface area contributed by atoms with Gasteiger partial charge in [0.05, 0.1) is 24.4 Å². The van der Waals surface area contributed by atoms with Gasteiger partial charge < -0.3 is 9.74 Å². The van der Waals surface area contributed by atoms with Crippen molar-refractivity contribution in [2.24, 2.45) is 5.16 Å². The number of piperidine rings is 1. The van der Waals surface area contributed by atoms with Crippen LogP contribution in [-0.4, -0.2) is 24.8 Å². The highest BCUT2D eigenvalue weighted by atomic mass is 16.7. The molecular weight excluding hydrogens is 288 g/mol. The molecule has 23 heavy (non-hydrogen) atoms. The molecule has 1 fully saturated rings. The van der Waals surface area contributed by atoms with E-state index in [1.54, 1.807) is 17.0 Å². The third-order valence-electron chi connectivity index (χ3n) is 4.10. The Morgan fingerprint density at radius 3 is 2.22 bits per heavy atom. The second-order valence-electron chi connectivity index (χ2n) is 5.81. The quantitative estimate of drug-likeness (QED) is 0.694. The summed E-state index contributed by atoms with van der Waals surface area (Å²) in [4.78, 5) is 18.5. The van der Waals surface area contributed by atoms with E-state index in [0.29, 0.717) is 5.56 Å². The molecule has 4 nitrogen and oxygen atoms in total. The predicted octanol–water partition coefficient (Wildman–Crippen LogP) is 2.08. The van der Waals surface area contributed by atoms with Crippen LogP contribution in [-0.2, 0) is 11.4 Å². The number of likely N-dealkylation sites (tertiary alicyclic amines) is 1. The molecule has 118 valence electrons. The zero-order valence-electron chi connectivity index (χ0n) is 13.1. The molecule has 0 radical (unpaired) electrons. The molecule has 0 saturated carbocycles. The molecule has 2 aromatic carbocycles. The fraction of sp³-hybridized carbons (Fsp3) is 0.263. The van der Waals surface area contributed by atoms with Crippen molar-refractivity contribution in [2.45, 2.75) is 19.4 Å². The molecule has 0 atom stereocenters. The van der Waals surface area contributed by atoms with E-state index in [2.05, 4.69) is 29.4 Å². The summed E-state index contributed by atoms with van der Waals surface area (Å²) in [5.74, 6) is -0.392. The number of carbonyl (C=O) groups excluding carboxylic acids is 1. The van der Waals surface area contributed by atoms with Gasteiger partial charge in [0.2, 0.25) is 0 Å². The maximum atomic E-state index is 11.9. The number of benzene rings is 2. The minimum absolute atomic E-state index is 0.392. The summed E-state index contributed by atoms with van der Waals surface area (Å²) in [5.41, 5.74) is 2.87. The van der Waals surface area contributed by atoms with Crippen LogP contribution in [0, 0.1) is 0 Å². The Bertz CT molecular complexity index is 658. The van der Waals surface area contributed by atoms with Gasteiger partial charge in [-0.05, 0) is 12.1 Å². The van der Waals surface area contributed by atoms with Crippen LogP contribution in [0.2, 0.25) is 0 Å². The van der Waals surface area contributed by atoms with Crippen LogP contribution in [0.1, 0.15) is 28.8 Å². The van der Waals surface area contributed by atoms with Crippen molar-refractivity contribution in [2.75, 3.05) is 13.1 Å². The molecule has 0 aromatic heterocycles. The fourth-order valence-electron chi connectivity index (χ4n) is 2.78. The van der Waals surface area contributed by atoms with Crippen molar-refractivity contribution in [3.63, 3.8) is 0 Å². The Morgan fingerprint density at radius 1 is 0.957 bits per heavy atom. The van der Waals surface area contributed by atoms with Crippen molar-refractivity contribution in [3.8, 4) is 0 Å². The standard InChI is InChI=1S/C19H20N2O2/c22-19(17-9-5-2-6-10-17)23-20-18-11-13-21(14-12-18)15-16-7-3-1-4-8-16/h1-10H,11-15H2/p+1. The average molecular weight is 309 g/mol. The predicted molar refractivity (Wildman–Crippen MR) is 89.4 cm³/mol. The van der Waals surface area contributed by atoms with Crippen LogP contribution in [0.4, 0.5) is 0 Å². The molecule has 1 aliphatic heterocycles.